The Morgan fingerprint density at radius 3 is 2.67 bits per heavy atom. The number of nitrogens with one attached hydrogen (secondary N) is 1. The second-order valence-electron chi connectivity index (χ2n) is 7.53. The van der Waals surface area contributed by atoms with E-state index in [9.17, 15) is 4.79 Å². The fourth-order valence-electron chi connectivity index (χ4n) is 3.48. The van der Waals surface area contributed by atoms with Gasteiger partial charge in [0, 0.05) is 10.9 Å². The van der Waals surface area contributed by atoms with Gasteiger partial charge in [0.25, 0.3) is 5.91 Å². The van der Waals surface area contributed by atoms with E-state index in [-0.39, 0.29) is 11.9 Å². The molecule has 0 saturated heterocycles. The van der Waals surface area contributed by atoms with Gasteiger partial charge in [-0.3, -0.25) is 9.48 Å². The monoisotopic (exact) mass is 399 g/mol. The van der Waals surface area contributed by atoms with Crippen molar-refractivity contribution in [2.45, 2.75) is 26.4 Å². The van der Waals surface area contributed by atoms with Gasteiger partial charge in [0.2, 0.25) is 0 Å². The summed E-state index contributed by atoms with van der Waals surface area (Å²) in [5.74, 6) is 0.658. The lowest BCUT2D eigenvalue weighted by molar-refractivity contribution is 0.0940. The number of aromatic nitrogens is 2. The molecule has 4 aromatic rings. The quantitative estimate of drug-likeness (QED) is 0.502. The molecule has 30 heavy (non-hydrogen) atoms. The predicted molar refractivity (Wildman–Crippen MR) is 119 cm³/mol. The van der Waals surface area contributed by atoms with Gasteiger partial charge in [-0.05, 0) is 49.2 Å². The lowest BCUT2D eigenvalue weighted by atomic mass is 10.1. The average Bonchev–Trinajstić information content (AvgIpc) is 3.17. The van der Waals surface area contributed by atoms with Crippen LogP contribution >= 0.6 is 0 Å². The first-order chi connectivity index (χ1) is 14.5. The number of hydrogen-bond acceptors (Lipinski definition) is 3. The Morgan fingerprint density at radius 2 is 1.90 bits per heavy atom. The Bertz CT molecular complexity index is 1180. The summed E-state index contributed by atoms with van der Waals surface area (Å²) in [7, 11) is 1.64. The number of aryl methyl sites for hydroxylation is 1. The summed E-state index contributed by atoms with van der Waals surface area (Å²) in [5, 5.41) is 8.60. The zero-order chi connectivity index (χ0) is 21.1. The molecule has 5 nitrogen and oxygen atoms in total. The summed E-state index contributed by atoms with van der Waals surface area (Å²) in [4.78, 5) is 12.9. The highest BCUT2D eigenvalue weighted by Gasteiger charge is 2.14. The normalized spacial score (nSPS) is 12.0. The Labute approximate surface area is 176 Å². The van der Waals surface area contributed by atoms with Gasteiger partial charge in [0.05, 0.1) is 31.4 Å². The maximum atomic E-state index is 12.9. The highest BCUT2D eigenvalue weighted by Crippen LogP contribution is 2.21. The highest BCUT2D eigenvalue weighted by molar-refractivity contribution is 5.98. The molecule has 5 heteroatoms. The predicted octanol–water partition coefficient (Wildman–Crippen LogP) is 4.89. The summed E-state index contributed by atoms with van der Waals surface area (Å²) < 4.78 is 7.21. The minimum Gasteiger partial charge on any atom is -0.497 e. The van der Waals surface area contributed by atoms with Crippen LogP contribution in [0, 0.1) is 6.92 Å². The van der Waals surface area contributed by atoms with Crippen LogP contribution in [0.2, 0.25) is 0 Å². The van der Waals surface area contributed by atoms with Gasteiger partial charge >= 0.3 is 0 Å². The fraction of sp³-hybridized carbons (Fsp3) is 0.200. The number of amides is 1. The van der Waals surface area contributed by atoms with Gasteiger partial charge in [0.1, 0.15) is 5.75 Å². The SMILES string of the molecule is COc1cccc([C@@H](C)NC(=O)c2ccc3cnn(Cc4ccc(C)cc4)c3c2)c1. The summed E-state index contributed by atoms with van der Waals surface area (Å²) in [6.45, 7) is 4.70. The highest BCUT2D eigenvalue weighted by atomic mass is 16.5. The van der Waals surface area contributed by atoms with E-state index in [1.807, 2.05) is 60.3 Å². The van der Waals surface area contributed by atoms with Crippen molar-refractivity contribution in [1.29, 1.82) is 0 Å². The fourth-order valence-corrected chi connectivity index (χ4v) is 3.48. The first-order valence-electron chi connectivity index (χ1n) is 9.99. The molecule has 0 saturated carbocycles. The standard InChI is InChI=1S/C25H25N3O2/c1-17-7-9-19(10-8-17)16-28-24-14-21(11-12-22(24)15-26-28)25(29)27-18(2)20-5-4-6-23(13-20)30-3/h4-15,18H,16H2,1-3H3,(H,27,29)/t18-/m1/s1. The van der Waals surface area contributed by atoms with E-state index in [0.29, 0.717) is 12.1 Å². The number of carbonyl (C=O) groups excluding carboxylic acids is 1. The molecule has 0 spiro atoms. The lowest BCUT2D eigenvalue weighted by Crippen LogP contribution is -2.26. The number of carbonyl (C=O) groups is 1. The largest absolute Gasteiger partial charge is 0.497 e. The van der Waals surface area contributed by atoms with Crippen LogP contribution in [-0.4, -0.2) is 22.8 Å². The Balaban J connectivity index is 1.54. The topological polar surface area (TPSA) is 56.1 Å². The molecule has 1 aromatic heterocycles. The van der Waals surface area contributed by atoms with E-state index in [1.165, 1.54) is 11.1 Å². The average molecular weight is 399 g/mol. The first-order valence-corrected chi connectivity index (χ1v) is 9.99. The summed E-state index contributed by atoms with van der Waals surface area (Å²) in [6.07, 6.45) is 1.84. The van der Waals surface area contributed by atoms with Crippen molar-refractivity contribution in [3.63, 3.8) is 0 Å². The van der Waals surface area contributed by atoms with Crippen LogP contribution in [0.4, 0.5) is 0 Å². The minimum absolute atomic E-state index is 0.115. The van der Waals surface area contributed by atoms with Gasteiger partial charge in [0.15, 0.2) is 0 Å². The number of rotatable bonds is 6. The lowest BCUT2D eigenvalue weighted by Gasteiger charge is -2.15. The Hall–Kier alpha value is -3.60. The molecule has 0 aliphatic carbocycles. The van der Waals surface area contributed by atoms with Gasteiger partial charge in [-0.2, -0.15) is 5.10 Å². The van der Waals surface area contributed by atoms with E-state index in [1.54, 1.807) is 7.11 Å². The molecule has 0 fully saturated rings. The Morgan fingerprint density at radius 1 is 1.10 bits per heavy atom. The number of fused-ring (bicyclic) bond motifs is 1. The molecule has 1 N–H and O–H groups in total. The number of ether oxygens (including phenoxy) is 1. The van der Waals surface area contributed by atoms with Crippen molar-refractivity contribution < 1.29 is 9.53 Å². The van der Waals surface area contributed by atoms with Crippen LogP contribution in [0.25, 0.3) is 10.9 Å². The molecule has 152 valence electrons. The second-order valence-corrected chi connectivity index (χ2v) is 7.53. The number of benzene rings is 3. The molecule has 0 aliphatic heterocycles. The molecule has 3 aromatic carbocycles. The third kappa shape index (κ3) is 4.20. The third-order valence-corrected chi connectivity index (χ3v) is 5.30. The van der Waals surface area contributed by atoms with Gasteiger partial charge in [-0.25, -0.2) is 0 Å². The smallest absolute Gasteiger partial charge is 0.251 e. The maximum Gasteiger partial charge on any atom is 0.251 e. The molecule has 0 radical (unpaired) electrons. The first kappa shape index (κ1) is 19.7. The van der Waals surface area contributed by atoms with E-state index in [0.717, 1.165) is 22.2 Å². The molecule has 4 rings (SSSR count). The molecule has 1 heterocycles. The minimum atomic E-state index is -0.138. The third-order valence-electron chi connectivity index (χ3n) is 5.30. The van der Waals surface area contributed by atoms with Crippen molar-refractivity contribution in [2.24, 2.45) is 0 Å². The van der Waals surface area contributed by atoms with Crippen LogP contribution in [0.5, 0.6) is 5.75 Å². The van der Waals surface area contributed by atoms with E-state index < -0.39 is 0 Å². The molecule has 1 amide bonds. The number of hydrogen-bond donors (Lipinski definition) is 1. The maximum absolute atomic E-state index is 12.9. The summed E-state index contributed by atoms with van der Waals surface area (Å²) in [5.41, 5.74) is 4.95. The zero-order valence-electron chi connectivity index (χ0n) is 17.4. The Kier molecular flexibility index (Phi) is 5.53. The van der Waals surface area contributed by atoms with Crippen LogP contribution in [0.1, 0.15) is 40.0 Å². The molecule has 0 bridgehead atoms. The summed E-state index contributed by atoms with van der Waals surface area (Å²) >= 11 is 0. The van der Waals surface area contributed by atoms with Crippen molar-refractivity contribution in [1.82, 2.24) is 15.1 Å². The van der Waals surface area contributed by atoms with E-state index in [2.05, 4.69) is 41.6 Å². The molecule has 1 atom stereocenters. The number of nitrogens with zero attached hydrogens (tertiary/aromatic N) is 2. The van der Waals surface area contributed by atoms with Crippen molar-refractivity contribution in [3.8, 4) is 5.75 Å². The molecular weight excluding hydrogens is 374 g/mol. The van der Waals surface area contributed by atoms with Crippen LogP contribution in [-0.2, 0) is 6.54 Å². The molecule has 0 aliphatic rings. The van der Waals surface area contributed by atoms with Crippen molar-refractivity contribution in [2.75, 3.05) is 7.11 Å². The van der Waals surface area contributed by atoms with Crippen molar-refractivity contribution >= 4 is 16.8 Å². The molecule has 0 unspecified atom stereocenters. The zero-order valence-corrected chi connectivity index (χ0v) is 17.4. The summed E-state index contributed by atoms with van der Waals surface area (Å²) in [6, 6.07) is 21.7. The van der Waals surface area contributed by atoms with Crippen LogP contribution in [0.15, 0.2) is 72.9 Å². The van der Waals surface area contributed by atoms with Gasteiger partial charge < -0.3 is 10.1 Å². The molecular formula is C25H25N3O2. The van der Waals surface area contributed by atoms with Gasteiger partial charge in [-0.1, -0.05) is 48.0 Å². The van der Waals surface area contributed by atoms with E-state index >= 15 is 0 Å². The number of methoxy groups -OCH3 is 1. The van der Waals surface area contributed by atoms with Gasteiger partial charge in [-0.15, -0.1) is 0 Å². The van der Waals surface area contributed by atoms with E-state index in [4.69, 9.17) is 4.74 Å². The second kappa shape index (κ2) is 8.41. The van der Waals surface area contributed by atoms with Crippen molar-refractivity contribution in [3.05, 3.63) is 95.2 Å². The van der Waals surface area contributed by atoms with Crippen LogP contribution < -0.4 is 10.1 Å². The van der Waals surface area contributed by atoms with Crippen LogP contribution in [0.3, 0.4) is 0 Å².